The largest absolute Gasteiger partial charge is 0.458 e. The molecule has 11 heavy (non-hydrogen) atoms. The Morgan fingerprint density at radius 1 is 1.64 bits per heavy atom. The van der Waals surface area contributed by atoms with E-state index in [-0.39, 0.29) is 5.97 Å². The molecule has 0 amide bonds. The normalized spacial score (nSPS) is 24.1. The molecule has 1 unspecified atom stereocenters. The number of hydrogen-bond donors (Lipinski definition) is 0. The average Bonchev–Trinajstić information content (AvgIpc) is 1.50. The van der Waals surface area contributed by atoms with E-state index in [0.717, 1.165) is 0 Å². The molecule has 0 aromatic carbocycles. The van der Waals surface area contributed by atoms with Crippen LogP contribution in [0.2, 0.25) is 0 Å². The van der Waals surface area contributed by atoms with Crippen molar-refractivity contribution in [2.45, 2.75) is 32.5 Å². The van der Waals surface area contributed by atoms with E-state index < -0.39 is 11.7 Å². The predicted molar refractivity (Wildman–Crippen MR) is 39.9 cm³/mol. The molecule has 0 spiro atoms. The van der Waals surface area contributed by atoms with Crippen molar-refractivity contribution in [2.24, 2.45) is 0 Å². The number of rotatable bonds is 1. The zero-order valence-corrected chi connectivity index (χ0v) is 7.09. The molecule has 0 aromatic heterocycles. The van der Waals surface area contributed by atoms with Gasteiger partial charge in [0.15, 0.2) is 6.10 Å². The Morgan fingerprint density at radius 3 is 2.45 bits per heavy atom. The van der Waals surface area contributed by atoms with Crippen LogP contribution in [0.15, 0.2) is 0 Å². The molecule has 1 atom stereocenters. The SMILES string of the molecule is CC(C)(C)OC(=O)C1[CH]CO1. The van der Waals surface area contributed by atoms with Gasteiger partial charge in [0, 0.05) is 6.42 Å². The highest BCUT2D eigenvalue weighted by molar-refractivity contribution is 5.77. The Hall–Kier alpha value is -0.570. The molecule has 1 radical (unpaired) electrons. The number of carbonyl (C=O) groups excluding carboxylic acids is 1. The maximum absolute atomic E-state index is 11.1. The summed E-state index contributed by atoms with van der Waals surface area (Å²) in [5.41, 5.74) is -0.413. The second-order valence-electron chi connectivity index (χ2n) is 3.52. The molecule has 63 valence electrons. The number of ether oxygens (including phenoxy) is 2. The summed E-state index contributed by atoms with van der Waals surface area (Å²) in [5, 5.41) is 0. The summed E-state index contributed by atoms with van der Waals surface area (Å²) in [5.74, 6) is -0.288. The van der Waals surface area contributed by atoms with E-state index >= 15 is 0 Å². The fraction of sp³-hybridized carbons (Fsp3) is 0.750. The Bertz CT molecular complexity index is 153. The van der Waals surface area contributed by atoms with Gasteiger partial charge in [-0.3, -0.25) is 0 Å². The van der Waals surface area contributed by atoms with Crippen LogP contribution in [0, 0.1) is 6.42 Å². The molecule has 1 saturated heterocycles. The third kappa shape index (κ3) is 2.50. The molecule has 1 aliphatic rings. The van der Waals surface area contributed by atoms with Gasteiger partial charge in [-0.05, 0) is 20.8 Å². The standard InChI is InChI=1S/C8H13O3/c1-8(2,3)11-7(9)6-4-5-10-6/h4,6H,5H2,1-3H3. The van der Waals surface area contributed by atoms with Crippen LogP contribution in [-0.4, -0.2) is 24.3 Å². The van der Waals surface area contributed by atoms with Crippen molar-refractivity contribution in [2.75, 3.05) is 6.61 Å². The topological polar surface area (TPSA) is 35.5 Å². The first kappa shape index (κ1) is 8.53. The Kier molecular flexibility index (Phi) is 2.18. The van der Waals surface area contributed by atoms with Crippen molar-refractivity contribution in [3.05, 3.63) is 6.42 Å². The maximum atomic E-state index is 11.1. The minimum atomic E-state index is -0.422. The van der Waals surface area contributed by atoms with Gasteiger partial charge < -0.3 is 9.47 Å². The Morgan fingerprint density at radius 2 is 2.18 bits per heavy atom. The summed E-state index contributed by atoms with van der Waals surface area (Å²) in [4.78, 5) is 11.1. The van der Waals surface area contributed by atoms with Crippen molar-refractivity contribution in [3.63, 3.8) is 0 Å². The van der Waals surface area contributed by atoms with Crippen molar-refractivity contribution in [1.82, 2.24) is 0 Å². The smallest absolute Gasteiger partial charge is 0.336 e. The van der Waals surface area contributed by atoms with Crippen molar-refractivity contribution < 1.29 is 14.3 Å². The molecule has 1 fully saturated rings. The fourth-order valence-corrected chi connectivity index (χ4v) is 0.717. The minimum Gasteiger partial charge on any atom is -0.458 e. The van der Waals surface area contributed by atoms with Gasteiger partial charge in [0.1, 0.15) is 5.60 Å². The van der Waals surface area contributed by atoms with Crippen LogP contribution in [0.3, 0.4) is 0 Å². The lowest BCUT2D eigenvalue weighted by Crippen LogP contribution is -2.40. The molecule has 0 bridgehead atoms. The molecule has 1 heterocycles. The molecule has 3 nitrogen and oxygen atoms in total. The molecule has 0 saturated carbocycles. The molecular formula is C8H13O3. The summed E-state index contributed by atoms with van der Waals surface area (Å²) >= 11 is 0. The van der Waals surface area contributed by atoms with Crippen molar-refractivity contribution >= 4 is 5.97 Å². The average molecular weight is 157 g/mol. The third-order valence-corrected chi connectivity index (χ3v) is 1.23. The summed E-state index contributed by atoms with van der Waals surface area (Å²) in [6.07, 6.45) is 1.36. The van der Waals surface area contributed by atoms with Gasteiger partial charge in [-0.1, -0.05) is 0 Å². The Labute approximate surface area is 66.7 Å². The number of esters is 1. The zero-order valence-electron chi connectivity index (χ0n) is 7.09. The van der Waals surface area contributed by atoms with Crippen LogP contribution in [0.4, 0.5) is 0 Å². The third-order valence-electron chi connectivity index (χ3n) is 1.23. The fourth-order valence-electron chi connectivity index (χ4n) is 0.717. The molecule has 1 rings (SSSR count). The second kappa shape index (κ2) is 2.81. The van der Waals surface area contributed by atoms with Gasteiger partial charge in [-0.15, -0.1) is 0 Å². The highest BCUT2D eigenvalue weighted by atomic mass is 16.6. The lowest BCUT2D eigenvalue weighted by atomic mass is 10.1. The van der Waals surface area contributed by atoms with Crippen LogP contribution in [0.5, 0.6) is 0 Å². The van der Waals surface area contributed by atoms with Crippen LogP contribution >= 0.6 is 0 Å². The highest BCUT2D eigenvalue weighted by Crippen LogP contribution is 2.15. The van der Waals surface area contributed by atoms with Gasteiger partial charge in [0.05, 0.1) is 6.61 Å². The minimum absolute atomic E-state index is 0.288. The van der Waals surface area contributed by atoms with E-state index in [1.165, 1.54) is 0 Å². The van der Waals surface area contributed by atoms with Crippen molar-refractivity contribution in [1.29, 1.82) is 0 Å². The molecule has 0 aromatic rings. The summed E-state index contributed by atoms with van der Waals surface area (Å²) in [6.45, 7) is 6.07. The van der Waals surface area contributed by atoms with E-state index in [2.05, 4.69) is 0 Å². The van der Waals surface area contributed by atoms with Crippen LogP contribution in [-0.2, 0) is 14.3 Å². The summed E-state index contributed by atoms with van der Waals surface area (Å²) < 4.78 is 9.95. The van der Waals surface area contributed by atoms with Gasteiger partial charge in [-0.25, -0.2) is 4.79 Å². The van der Waals surface area contributed by atoms with Crippen LogP contribution in [0.1, 0.15) is 20.8 Å². The van der Waals surface area contributed by atoms with E-state index in [0.29, 0.717) is 6.61 Å². The quantitative estimate of drug-likeness (QED) is 0.531. The first-order valence-electron chi connectivity index (χ1n) is 3.67. The van der Waals surface area contributed by atoms with Gasteiger partial charge in [0.25, 0.3) is 0 Å². The van der Waals surface area contributed by atoms with E-state index in [9.17, 15) is 4.79 Å². The van der Waals surface area contributed by atoms with Crippen LogP contribution < -0.4 is 0 Å². The monoisotopic (exact) mass is 157 g/mol. The van der Waals surface area contributed by atoms with Gasteiger partial charge >= 0.3 is 5.97 Å². The van der Waals surface area contributed by atoms with Gasteiger partial charge in [0.2, 0.25) is 0 Å². The number of carbonyl (C=O) groups is 1. The first-order valence-corrected chi connectivity index (χ1v) is 3.67. The molecule has 3 heteroatoms. The highest BCUT2D eigenvalue weighted by Gasteiger charge is 2.31. The Balaban J connectivity index is 2.31. The predicted octanol–water partition coefficient (Wildman–Crippen LogP) is 0.931. The van der Waals surface area contributed by atoms with Crippen LogP contribution in [0.25, 0.3) is 0 Å². The lowest BCUT2D eigenvalue weighted by Gasteiger charge is -2.28. The zero-order chi connectivity index (χ0) is 8.48. The maximum Gasteiger partial charge on any atom is 0.336 e. The first-order chi connectivity index (χ1) is 4.99. The van der Waals surface area contributed by atoms with E-state index in [4.69, 9.17) is 9.47 Å². The van der Waals surface area contributed by atoms with Gasteiger partial charge in [-0.2, -0.15) is 0 Å². The summed E-state index contributed by atoms with van der Waals surface area (Å²) in [7, 11) is 0. The molecular weight excluding hydrogens is 144 g/mol. The van der Waals surface area contributed by atoms with E-state index in [1.807, 2.05) is 20.8 Å². The summed E-state index contributed by atoms with van der Waals surface area (Å²) in [6, 6.07) is 0. The van der Waals surface area contributed by atoms with E-state index in [1.54, 1.807) is 6.42 Å². The molecule has 0 N–H and O–H groups in total. The molecule has 0 aliphatic carbocycles. The number of hydrogen-bond acceptors (Lipinski definition) is 3. The molecule has 1 aliphatic heterocycles. The second-order valence-corrected chi connectivity index (χ2v) is 3.52. The van der Waals surface area contributed by atoms with Crippen molar-refractivity contribution in [3.8, 4) is 0 Å². The lowest BCUT2D eigenvalue weighted by molar-refractivity contribution is -0.172.